The monoisotopic (exact) mass is 525 g/mol. The molecule has 1 aliphatic heterocycles. The fraction of sp³-hybridized carbons (Fsp3) is 0.176. The first-order valence-corrected chi connectivity index (χ1v) is 14.4. The molecular weight excluding hydrogens is 497 g/mol. The Hall–Kier alpha value is -3.64. The van der Waals surface area contributed by atoms with Crippen LogP contribution in [-0.4, -0.2) is 22.9 Å². The Morgan fingerprint density at radius 2 is 1.28 bits per heavy atom. The summed E-state index contributed by atoms with van der Waals surface area (Å²) in [6, 6.07) is 35.1. The van der Waals surface area contributed by atoms with Gasteiger partial charge in [-0.05, 0) is 62.8 Å². The summed E-state index contributed by atoms with van der Waals surface area (Å²) < 4.78 is 18.0. The molecule has 1 aliphatic rings. The van der Waals surface area contributed by atoms with Gasteiger partial charge >= 0.3 is 7.12 Å². The summed E-state index contributed by atoms with van der Waals surface area (Å²) in [5, 5.41) is 7.84. The van der Waals surface area contributed by atoms with Crippen LogP contribution in [0.2, 0.25) is 0 Å². The van der Waals surface area contributed by atoms with Crippen molar-refractivity contribution in [1.82, 2.24) is 4.57 Å². The van der Waals surface area contributed by atoms with Crippen LogP contribution in [0.5, 0.6) is 0 Å². The fourth-order valence-corrected chi connectivity index (χ4v) is 7.46. The molecule has 8 rings (SSSR count). The summed E-state index contributed by atoms with van der Waals surface area (Å²) in [6.45, 7) is 8.41. The van der Waals surface area contributed by atoms with Gasteiger partial charge in [0.2, 0.25) is 0 Å². The lowest BCUT2D eigenvalue weighted by Gasteiger charge is -2.32. The van der Waals surface area contributed by atoms with Gasteiger partial charge in [-0.25, -0.2) is 0 Å². The molecule has 0 aliphatic carbocycles. The van der Waals surface area contributed by atoms with Gasteiger partial charge in [0.05, 0.1) is 22.2 Å². The molecule has 0 bridgehead atoms. The largest absolute Gasteiger partial charge is 0.494 e. The number of hydrogen-bond donors (Lipinski definition) is 0. The van der Waals surface area contributed by atoms with Crippen LogP contribution in [0.1, 0.15) is 27.7 Å². The van der Waals surface area contributed by atoms with Gasteiger partial charge in [0.25, 0.3) is 0 Å². The normalized spacial score (nSPS) is 16.9. The number of nitrogens with zero attached hydrogens (tertiary/aromatic N) is 1. The third-order valence-electron chi connectivity index (χ3n) is 8.80. The molecule has 0 amide bonds. The fourth-order valence-electron chi connectivity index (χ4n) is 6.18. The predicted molar refractivity (Wildman–Crippen MR) is 167 cm³/mol. The number of thiophene rings is 1. The van der Waals surface area contributed by atoms with E-state index >= 15 is 0 Å². The van der Waals surface area contributed by atoms with Gasteiger partial charge in [0.15, 0.2) is 0 Å². The standard InChI is InChI=1S/C34H28BNO2S/c1-33(2)34(3,4)38-35(37-33)21-12-11-13-22(20-21)36-27-18-9-7-16-25(27)30-31(36)24-15-6-5-14-23(24)29-26-17-8-10-19-28(26)39-32(29)30/h5-20H,1-4H3. The number of rotatable bonds is 2. The molecule has 5 heteroatoms. The number of para-hydroxylation sites is 1. The van der Waals surface area contributed by atoms with Crippen LogP contribution in [0.4, 0.5) is 0 Å². The highest BCUT2D eigenvalue weighted by atomic mass is 32.1. The minimum atomic E-state index is -0.408. The molecule has 3 heterocycles. The molecule has 3 nitrogen and oxygen atoms in total. The van der Waals surface area contributed by atoms with Gasteiger partial charge < -0.3 is 13.9 Å². The van der Waals surface area contributed by atoms with Crippen molar-refractivity contribution in [2.24, 2.45) is 0 Å². The quantitative estimate of drug-likeness (QED) is 0.211. The van der Waals surface area contributed by atoms with Crippen LogP contribution in [0, 0.1) is 0 Å². The maximum atomic E-state index is 6.43. The lowest BCUT2D eigenvalue weighted by atomic mass is 9.79. The summed E-state index contributed by atoms with van der Waals surface area (Å²) in [5.41, 5.74) is 3.82. The molecule has 0 saturated carbocycles. The van der Waals surface area contributed by atoms with Crippen molar-refractivity contribution < 1.29 is 9.31 Å². The average molecular weight is 525 g/mol. The zero-order valence-electron chi connectivity index (χ0n) is 22.5. The second-order valence-electron chi connectivity index (χ2n) is 11.6. The van der Waals surface area contributed by atoms with E-state index in [1.165, 1.54) is 52.8 Å². The number of hydrogen-bond acceptors (Lipinski definition) is 3. The van der Waals surface area contributed by atoms with Gasteiger partial charge in [0, 0.05) is 42.0 Å². The smallest absolute Gasteiger partial charge is 0.399 e. The lowest BCUT2D eigenvalue weighted by Crippen LogP contribution is -2.41. The molecule has 2 aromatic heterocycles. The highest BCUT2D eigenvalue weighted by Gasteiger charge is 2.51. The Morgan fingerprint density at radius 1 is 0.641 bits per heavy atom. The van der Waals surface area contributed by atoms with Crippen molar-refractivity contribution in [3.05, 3.63) is 97.1 Å². The topological polar surface area (TPSA) is 23.4 Å². The average Bonchev–Trinajstić information content (AvgIpc) is 3.56. The predicted octanol–water partition coefficient (Wildman–Crippen LogP) is 8.60. The minimum absolute atomic E-state index is 0.385. The van der Waals surface area contributed by atoms with E-state index in [1.54, 1.807) is 0 Å². The van der Waals surface area contributed by atoms with Gasteiger partial charge in [-0.2, -0.15) is 0 Å². The Bertz CT molecular complexity index is 2090. The van der Waals surface area contributed by atoms with E-state index in [2.05, 4.69) is 129 Å². The van der Waals surface area contributed by atoms with Crippen LogP contribution in [0.3, 0.4) is 0 Å². The molecule has 5 aromatic carbocycles. The van der Waals surface area contributed by atoms with Crippen molar-refractivity contribution in [3.8, 4) is 5.69 Å². The van der Waals surface area contributed by atoms with Crippen LogP contribution < -0.4 is 5.46 Å². The number of fused-ring (bicyclic) bond motifs is 10. The van der Waals surface area contributed by atoms with E-state index in [9.17, 15) is 0 Å². The van der Waals surface area contributed by atoms with E-state index in [1.807, 2.05) is 11.3 Å². The molecule has 1 saturated heterocycles. The summed E-state index contributed by atoms with van der Waals surface area (Å²) in [4.78, 5) is 0. The highest BCUT2D eigenvalue weighted by molar-refractivity contribution is 7.27. The Kier molecular flexibility index (Phi) is 4.74. The van der Waals surface area contributed by atoms with Crippen LogP contribution in [0.15, 0.2) is 97.1 Å². The first kappa shape index (κ1) is 23.3. The Balaban J connectivity index is 1.49. The second kappa shape index (κ2) is 7.95. The van der Waals surface area contributed by atoms with E-state index < -0.39 is 7.12 Å². The van der Waals surface area contributed by atoms with Crippen LogP contribution in [0.25, 0.3) is 58.4 Å². The van der Waals surface area contributed by atoms with Crippen molar-refractivity contribution >= 4 is 76.7 Å². The molecule has 1 fully saturated rings. The SMILES string of the molecule is CC1(C)OB(c2cccc(-n3c4ccccc4c4c5sc6ccccc6c5c5ccccc5c43)c2)OC1(C)C. The minimum Gasteiger partial charge on any atom is -0.399 e. The molecular formula is C34H28BNO2S. The molecule has 190 valence electrons. The first-order valence-electron chi connectivity index (χ1n) is 13.6. The van der Waals surface area contributed by atoms with Gasteiger partial charge in [-0.1, -0.05) is 72.8 Å². The third kappa shape index (κ3) is 3.18. The van der Waals surface area contributed by atoms with Gasteiger partial charge in [-0.15, -0.1) is 11.3 Å². The van der Waals surface area contributed by atoms with Gasteiger partial charge in [-0.3, -0.25) is 0 Å². The number of aromatic nitrogens is 1. The Morgan fingerprint density at radius 3 is 2.05 bits per heavy atom. The van der Waals surface area contributed by atoms with Crippen LogP contribution in [-0.2, 0) is 9.31 Å². The summed E-state index contributed by atoms with van der Waals surface area (Å²) >= 11 is 1.90. The molecule has 0 radical (unpaired) electrons. The maximum Gasteiger partial charge on any atom is 0.494 e. The molecule has 0 unspecified atom stereocenters. The zero-order chi connectivity index (χ0) is 26.5. The van der Waals surface area contributed by atoms with Crippen molar-refractivity contribution in [2.45, 2.75) is 38.9 Å². The third-order valence-corrected chi connectivity index (χ3v) is 9.99. The van der Waals surface area contributed by atoms with Crippen molar-refractivity contribution in [2.75, 3.05) is 0 Å². The Labute approximate surface area is 231 Å². The molecule has 0 atom stereocenters. The van der Waals surface area contributed by atoms with E-state index in [0.29, 0.717) is 0 Å². The summed E-state index contributed by atoms with van der Waals surface area (Å²) in [6.07, 6.45) is 0. The molecule has 0 N–H and O–H groups in total. The van der Waals surface area contributed by atoms with E-state index in [-0.39, 0.29) is 11.2 Å². The van der Waals surface area contributed by atoms with E-state index in [0.717, 1.165) is 11.2 Å². The lowest BCUT2D eigenvalue weighted by molar-refractivity contribution is 0.00578. The molecule has 7 aromatic rings. The van der Waals surface area contributed by atoms with E-state index in [4.69, 9.17) is 9.31 Å². The summed E-state index contributed by atoms with van der Waals surface area (Å²) in [7, 11) is -0.408. The first-order chi connectivity index (χ1) is 18.8. The summed E-state index contributed by atoms with van der Waals surface area (Å²) in [5.74, 6) is 0. The molecule has 39 heavy (non-hydrogen) atoms. The van der Waals surface area contributed by atoms with Crippen LogP contribution >= 0.6 is 11.3 Å². The van der Waals surface area contributed by atoms with Gasteiger partial charge in [0.1, 0.15) is 0 Å². The van der Waals surface area contributed by atoms with Crippen molar-refractivity contribution in [1.29, 1.82) is 0 Å². The highest BCUT2D eigenvalue weighted by Crippen LogP contribution is 2.47. The molecule has 0 spiro atoms. The maximum absolute atomic E-state index is 6.43. The zero-order valence-corrected chi connectivity index (χ0v) is 23.3. The second-order valence-corrected chi connectivity index (χ2v) is 12.7. The number of benzene rings is 5. The van der Waals surface area contributed by atoms with Crippen molar-refractivity contribution in [3.63, 3.8) is 0 Å².